The number of rotatable bonds is 4. The van der Waals surface area contributed by atoms with Gasteiger partial charge in [0, 0.05) is 16.3 Å². The Morgan fingerprint density at radius 1 is 0.450 bits per heavy atom. The number of aromatic nitrogens is 1. The molecule has 0 atom stereocenters. The van der Waals surface area contributed by atoms with E-state index in [0.717, 1.165) is 0 Å². The zero-order chi connectivity index (χ0) is 27.7. The van der Waals surface area contributed by atoms with E-state index in [1.165, 1.54) is 88.2 Å². The zero-order valence-electron chi connectivity index (χ0n) is 24.3. The zero-order valence-corrected chi connectivity index (χ0v) is 24.3. The smallest absolute Gasteiger partial charge is 0.243 e. The molecule has 2 heteroatoms. The Morgan fingerprint density at radius 3 is 1.55 bits per heavy atom. The second kappa shape index (κ2) is 9.13. The van der Waals surface area contributed by atoms with Crippen LogP contribution in [0, 0.1) is 41.5 Å². The van der Waals surface area contributed by atoms with Crippen LogP contribution >= 0.6 is 0 Å². The Hall–Kier alpha value is -4.30. The molecule has 7 rings (SSSR count). The molecule has 4 aromatic carbocycles. The van der Waals surface area contributed by atoms with Gasteiger partial charge >= 0.3 is 0 Å². The van der Waals surface area contributed by atoms with E-state index < -0.39 is 0 Å². The molecule has 0 amide bonds. The number of pyridine rings is 1. The minimum Gasteiger partial charge on any atom is -0.309 e. The molecule has 1 nitrogen and oxygen atoms in total. The summed E-state index contributed by atoms with van der Waals surface area (Å²) in [4.78, 5) is 0. The van der Waals surface area contributed by atoms with Crippen LogP contribution in [0.25, 0.3) is 38.4 Å². The monoisotopic (exact) mass is 515 g/mol. The molecular formula is C38H34BN. The molecule has 0 radical (unpaired) electrons. The number of benzene rings is 4. The van der Waals surface area contributed by atoms with Gasteiger partial charge in [-0.1, -0.05) is 129 Å². The maximum absolute atomic E-state index is 2.45. The van der Waals surface area contributed by atoms with Gasteiger partial charge in [0.15, 0.2) is 0 Å². The predicted octanol–water partition coefficient (Wildman–Crippen LogP) is 7.72. The first-order valence-electron chi connectivity index (χ1n) is 14.3. The van der Waals surface area contributed by atoms with E-state index in [-0.39, 0.29) is 6.71 Å². The van der Waals surface area contributed by atoms with Crippen LogP contribution in [-0.2, 0) is 0 Å². The topological polar surface area (TPSA) is 4.41 Å². The van der Waals surface area contributed by atoms with Crippen molar-refractivity contribution in [3.8, 4) is 11.1 Å². The molecule has 0 fully saturated rings. The lowest BCUT2D eigenvalue weighted by molar-refractivity contribution is 1.34. The van der Waals surface area contributed by atoms with Gasteiger partial charge in [0.05, 0.1) is 16.6 Å². The van der Waals surface area contributed by atoms with E-state index in [4.69, 9.17) is 0 Å². The lowest BCUT2D eigenvalue weighted by atomic mass is 9.33. The van der Waals surface area contributed by atoms with Gasteiger partial charge in [-0.3, -0.25) is 0 Å². The molecule has 194 valence electrons. The van der Waals surface area contributed by atoms with Crippen LogP contribution in [0.2, 0.25) is 0 Å². The van der Waals surface area contributed by atoms with Gasteiger partial charge in [0.2, 0.25) is 6.71 Å². The molecule has 0 saturated carbocycles. The maximum atomic E-state index is 2.45. The maximum Gasteiger partial charge on any atom is 0.243 e. The number of hydrogen-bond acceptors (Lipinski definition) is 0. The van der Waals surface area contributed by atoms with E-state index in [1.807, 2.05) is 0 Å². The average Bonchev–Trinajstić information content (AvgIpc) is 3.46. The van der Waals surface area contributed by atoms with Gasteiger partial charge in [-0.25, -0.2) is 0 Å². The summed E-state index contributed by atoms with van der Waals surface area (Å²) in [7, 11) is 0. The van der Waals surface area contributed by atoms with Crippen LogP contribution in [0.4, 0.5) is 0 Å². The number of aryl methyl sites for hydroxylation is 6. The third kappa shape index (κ3) is 3.63. The third-order valence-electron chi connectivity index (χ3n) is 8.88. The van der Waals surface area contributed by atoms with Crippen molar-refractivity contribution >= 4 is 50.4 Å². The largest absolute Gasteiger partial charge is 0.309 e. The van der Waals surface area contributed by atoms with E-state index >= 15 is 0 Å². The summed E-state index contributed by atoms with van der Waals surface area (Å²) in [5.41, 5.74) is 18.7. The predicted molar refractivity (Wildman–Crippen MR) is 175 cm³/mol. The SMILES string of the molecule is Cc1cc(C)c(B(c2ccccc2-c2cc3c4ccccc4c4cccc2n43)c2c(C)cc(C)cc2C)c(C)c1. The molecule has 0 spiro atoms. The molecule has 0 N–H and O–H groups in total. The quantitative estimate of drug-likeness (QED) is 0.212. The van der Waals surface area contributed by atoms with Gasteiger partial charge in [0.1, 0.15) is 0 Å². The summed E-state index contributed by atoms with van der Waals surface area (Å²) < 4.78 is 2.45. The number of fused-ring (bicyclic) bond motifs is 3. The summed E-state index contributed by atoms with van der Waals surface area (Å²) in [5, 5.41) is 2.63. The molecule has 3 heterocycles. The number of hydrogen-bond donors (Lipinski definition) is 0. The van der Waals surface area contributed by atoms with Crippen LogP contribution in [-0.4, -0.2) is 11.1 Å². The Labute approximate surface area is 237 Å². The highest BCUT2D eigenvalue weighted by Gasteiger charge is 2.31. The van der Waals surface area contributed by atoms with Crippen molar-refractivity contribution in [2.24, 2.45) is 0 Å². The van der Waals surface area contributed by atoms with Crippen molar-refractivity contribution in [2.45, 2.75) is 41.5 Å². The lowest BCUT2D eigenvalue weighted by Gasteiger charge is -2.26. The molecular weight excluding hydrogens is 481 g/mol. The fourth-order valence-corrected chi connectivity index (χ4v) is 7.55. The first-order chi connectivity index (χ1) is 19.3. The van der Waals surface area contributed by atoms with Crippen molar-refractivity contribution < 1.29 is 0 Å². The molecule has 0 aliphatic carbocycles. The van der Waals surface area contributed by atoms with Crippen molar-refractivity contribution in [3.63, 3.8) is 0 Å². The molecule has 0 unspecified atom stereocenters. The average molecular weight is 516 g/mol. The summed E-state index contributed by atoms with van der Waals surface area (Å²) in [6.45, 7) is 13.7. The fraction of sp³-hybridized carbons (Fsp3) is 0.158. The van der Waals surface area contributed by atoms with Crippen molar-refractivity contribution in [1.29, 1.82) is 0 Å². The van der Waals surface area contributed by atoms with Crippen molar-refractivity contribution in [1.82, 2.24) is 4.40 Å². The molecule has 0 aliphatic rings. The summed E-state index contributed by atoms with van der Waals surface area (Å²) in [6, 6.07) is 36.5. The highest BCUT2D eigenvalue weighted by atomic mass is 14.9. The van der Waals surface area contributed by atoms with E-state index in [1.54, 1.807) is 0 Å². The van der Waals surface area contributed by atoms with Crippen LogP contribution < -0.4 is 16.4 Å². The van der Waals surface area contributed by atoms with Crippen molar-refractivity contribution in [2.75, 3.05) is 0 Å². The molecule has 7 aromatic rings. The fourth-order valence-electron chi connectivity index (χ4n) is 7.55. The van der Waals surface area contributed by atoms with Gasteiger partial charge in [0.25, 0.3) is 0 Å². The summed E-state index contributed by atoms with van der Waals surface area (Å²) >= 11 is 0. The molecule has 0 bridgehead atoms. The molecule has 40 heavy (non-hydrogen) atoms. The van der Waals surface area contributed by atoms with Gasteiger partial charge < -0.3 is 4.40 Å². The minimum absolute atomic E-state index is 0.134. The van der Waals surface area contributed by atoms with E-state index in [9.17, 15) is 0 Å². The normalized spacial score (nSPS) is 11.8. The highest BCUT2D eigenvalue weighted by Crippen LogP contribution is 2.37. The van der Waals surface area contributed by atoms with Crippen LogP contribution in [0.1, 0.15) is 33.4 Å². The number of nitrogens with zero attached hydrogens (tertiary/aromatic N) is 1. The summed E-state index contributed by atoms with van der Waals surface area (Å²) in [5.74, 6) is 0. The van der Waals surface area contributed by atoms with Crippen molar-refractivity contribution in [3.05, 3.63) is 130 Å². The van der Waals surface area contributed by atoms with E-state index in [0.29, 0.717) is 0 Å². The first-order valence-corrected chi connectivity index (χ1v) is 14.3. The molecule has 0 saturated heterocycles. The Balaban J connectivity index is 1.57. The van der Waals surface area contributed by atoms with Gasteiger partial charge in [-0.15, -0.1) is 0 Å². The summed E-state index contributed by atoms with van der Waals surface area (Å²) in [6.07, 6.45) is 0. The van der Waals surface area contributed by atoms with Crippen LogP contribution in [0.15, 0.2) is 97.1 Å². The Kier molecular flexibility index (Phi) is 5.64. The van der Waals surface area contributed by atoms with Crippen LogP contribution in [0.5, 0.6) is 0 Å². The second-order valence-electron chi connectivity index (χ2n) is 11.8. The highest BCUT2D eigenvalue weighted by molar-refractivity contribution is 6.97. The second-order valence-corrected chi connectivity index (χ2v) is 11.8. The molecule has 0 aliphatic heterocycles. The first kappa shape index (κ1) is 24.7. The standard InChI is InChI=1S/C38H34BN/c1-23-18-25(3)37(26(4)19-23)39(38-27(5)20-24(2)21-28(38)6)33-15-10-9-12-29(33)32-22-36-31-14-8-7-13-30(31)34-16-11-17-35(32)40(34)36/h7-22H,1-6H3. The molecule has 3 aromatic heterocycles. The van der Waals surface area contributed by atoms with Gasteiger partial charge in [-0.05, 0) is 65.3 Å². The van der Waals surface area contributed by atoms with E-state index in [2.05, 4.69) is 143 Å². The Morgan fingerprint density at radius 2 is 0.950 bits per heavy atom. The lowest BCUT2D eigenvalue weighted by Crippen LogP contribution is -2.56. The third-order valence-corrected chi connectivity index (χ3v) is 8.88. The van der Waals surface area contributed by atoms with Crippen LogP contribution in [0.3, 0.4) is 0 Å². The minimum atomic E-state index is 0.134. The van der Waals surface area contributed by atoms with Gasteiger partial charge in [-0.2, -0.15) is 0 Å². The Bertz CT molecular complexity index is 1970.